The molecule has 0 fully saturated rings. The van der Waals surface area contributed by atoms with E-state index in [2.05, 4.69) is 27.7 Å². The highest BCUT2D eigenvalue weighted by atomic mass is 15.3. The second-order valence-corrected chi connectivity index (χ2v) is 6.29. The summed E-state index contributed by atoms with van der Waals surface area (Å²) >= 11 is 0. The SMILES string of the molecule is CCCC1CCc2nn(C(C)(C)C)c(N)c2C1. The van der Waals surface area contributed by atoms with Crippen LogP contribution in [-0.4, -0.2) is 9.78 Å². The lowest BCUT2D eigenvalue weighted by Crippen LogP contribution is -2.25. The molecule has 0 aliphatic heterocycles. The first-order valence-electron chi connectivity index (χ1n) is 6.80. The average Bonchev–Trinajstić information content (AvgIpc) is 2.56. The predicted octanol–water partition coefficient (Wildman–Crippen LogP) is 3.13. The number of hydrogen-bond acceptors (Lipinski definition) is 2. The van der Waals surface area contributed by atoms with Crippen LogP contribution in [0.15, 0.2) is 0 Å². The maximum atomic E-state index is 6.27. The van der Waals surface area contributed by atoms with E-state index in [4.69, 9.17) is 10.8 Å². The van der Waals surface area contributed by atoms with Crippen molar-refractivity contribution >= 4 is 5.82 Å². The van der Waals surface area contributed by atoms with Crippen molar-refractivity contribution in [3.8, 4) is 0 Å². The van der Waals surface area contributed by atoms with Crippen LogP contribution in [0.25, 0.3) is 0 Å². The second kappa shape index (κ2) is 4.35. The maximum absolute atomic E-state index is 6.27. The number of rotatable bonds is 2. The highest BCUT2D eigenvalue weighted by Crippen LogP contribution is 2.33. The van der Waals surface area contributed by atoms with Crippen LogP contribution in [-0.2, 0) is 18.4 Å². The summed E-state index contributed by atoms with van der Waals surface area (Å²) in [6.07, 6.45) is 6.10. The highest BCUT2D eigenvalue weighted by molar-refractivity contribution is 5.45. The summed E-state index contributed by atoms with van der Waals surface area (Å²) in [5.74, 6) is 1.71. The standard InChI is InChI=1S/C14H25N3/c1-5-6-10-7-8-12-11(9-10)13(15)17(16-12)14(2,3)4/h10H,5-9,15H2,1-4H3. The van der Waals surface area contributed by atoms with Gasteiger partial charge >= 0.3 is 0 Å². The zero-order chi connectivity index (χ0) is 12.6. The lowest BCUT2D eigenvalue weighted by atomic mass is 9.84. The van der Waals surface area contributed by atoms with E-state index in [1.165, 1.54) is 30.5 Å². The van der Waals surface area contributed by atoms with Crippen LogP contribution in [0.4, 0.5) is 5.82 Å². The van der Waals surface area contributed by atoms with E-state index < -0.39 is 0 Å². The highest BCUT2D eigenvalue weighted by Gasteiger charge is 2.27. The molecule has 1 aromatic rings. The summed E-state index contributed by atoms with van der Waals surface area (Å²) < 4.78 is 2.01. The van der Waals surface area contributed by atoms with Crippen LogP contribution in [0.1, 0.15) is 58.2 Å². The Balaban J connectivity index is 2.29. The van der Waals surface area contributed by atoms with Gasteiger partial charge in [0.15, 0.2) is 0 Å². The van der Waals surface area contributed by atoms with E-state index in [1.807, 2.05) is 4.68 Å². The van der Waals surface area contributed by atoms with Crippen molar-refractivity contribution in [1.29, 1.82) is 0 Å². The van der Waals surface area contributed by atoms with Crippen LogP contribution < -0.4 is 5.73 Å². The number of nitrogens with zero attached hydrogens (tertiary/aromatic N) is 2. The first kappa shape index (κ1) is 12.5. The first-order chi connectivity index (χ1) is 7.93. The Morgan fingerprint density at radius 1 is 1.41 bits per heavy atom. The third-order valence-corrected chi connectivity index (χ3v) is 3.72. The smallest absolute Gasteiger partial charge is 0.125 e. The minimum Gasteiger partial charge on any atom is -0.384 e. The molecular weight excluding hydrogens is 210 g/mol. The molecule has 1 aliphatic carbocycles. The van der Waals surface area contributed by atoms with Gasteiger partial charge in [-0.3, -0.25) is 0 Å². The van der Waals surface area contributed by atoms with Crippen molar-refractivity contribution in [1.82, 2.24) is 9.78 Å². The fraction of sp³-hybridized carbons (Fsp3) is 0.786. The van der Waals surface area contributed by atoms with Crippen molar-refractivity contribution in [2.45, 2.75) is 65.3 Å². The van der Waals surface area contributed by atoms with Crippen molar-refractivity contribution in [3.05, 3.63) is 11.3 Å². The van der Waals surface area contributed by atoms with Crippen LogP contribution in [0, 0.1) is 5.92 Å². The number of anilines is 1. The summed E-state index contributed by atoms with van der Waals surface area (Å²) in [4.78, 5) is 0. The number of nitrogen functional groups attached to an aromatic ring is 1. The number of fused-ring (bicyclic) bond motifs is 1. The van der Waals surface area contributed by atoms with Crippen molar-refractivity contribution in [3.63, 3.8) is 0 Å². The van der Waals surface area contributed by atoms with E-state index in [0.717, 1.165) is 24.6 Å². The monoisotopic (exact) mass is 235 g/mol. The molecular formula is C14H25N3. The Labute approximate surface area is 104 Å². The van der Waals surface area contributed by atoms with Gasteiger partial charge < -0.3 is 5.73 Å². The van der Waals surface area contributed by atoms with Gasteiger partial charge in [-0.05, 0) is 46.0 Å². The molecule has 17 heavy (non-hydrogen) atoms. The van der Waals surface area contributed by atoms with Crippen molar-refractivity contribution < 1.29 is 0 Å². The number of aryl methyl sites for hydroxylation is 1. The van der Waals surface area contributed by atoms with Crippen LogP contribution in [0.2, 0.25) is 0 Å². The molecule has 0 saturated heterocycles. The molecule has 3 nitrogen and oxygen atoms in total. The van der Waals surface area contributed by atoms with Crippen LogP contribution >= 0.6 is 0 Å². The summed E-state index contributed by atoms with van der Waals surface area (Å²) in [5.41, 5.74) is 8.82. The molecule has 2 rings (SSSR count). The van der Waals surface area contributed by atoms with Crippen molar-refractivity contribution in [2.24, 2.45) is 5.92 Å². The molecule has 0 saturated carbocycles. The summed E-state index contributed by atoms with van der Waals surface area (Å²) in [5, 5.41) is 4.71. The zero-order valence-electron chi connectivity index (χ0n) is 11.6. The van der Waals surface area contributed by atoms with Gasteiger partial charge in [-0.2, -0.15) is 5.10 Å². The van der Waals surface area contributed by atoms with Gasteiger partial charge in [0.1, 0.15) is 5.82 Å². The van der Waals surface area contributed by atoms with Gasteiger partial charge in [0, 0.05) is 5.56 Å². The molecule has 96 valence electrons. The fourth-order valence-electron chi connectivity index (χ4n) is 2.83. The number of hydrogen-bond donors (Lipinski definition) is 1. The van der Waals surface area contributed by atoms with Gasteiger partial charge in [-0.25, -0.2) is 4.68 Å². The Hall–Kier alpha value is -0.990. The van der Waals surface area contributed by atoms with E-state index in [1.54, 1.807) is 0 Å². The van der Waals surface area contributed by atoms with E-state index in [0.29, 0.717) is 0 Å². The summed E-state index contributed by atoms with van der Waals surface area (Å²) in [6.45, 7) is 8.74. The summed E-state index contributed by atoms with van der Waals surface area (Å²) in [6, 6.07) is 0. The molecule has 0 spiro atoms. The molecule has 2 N–H and O–H groups in total. The number of nitrogens with two attached hydrogens (primary N) is 1. The zero-order valence-corrected chi connectivity index (χ0v) is 11.6. The molecule has 3 heteroatoms. The maximum Gasteiger partial charge on any atom is 0.125 e. The Morgan fingerprint density at radius 2 is 2.12 bits per heavy atom. The average molecular weight is 235 g/mol. The third kappa shape index (κ3) is 2.33. The normalized spacial score (nSPS) is 20.4. The van der Waals surface area contributed by atoms with E-state index in [9.17, 15) is 0 Å². The lowest BCUT2D eigenvalue weighted by Gasteiger charge is -2.22. The van der Waals surface area contributed by atoms with E-state index >= 15 is 0 Å². The molecule has 1 unspecified atom stereocenters. The lowest BCUT2D eigenvalue weighted by molar-refractivity contribution is 0.358. The van der Waals surface area contributed by atoms with Crippen molar-refractivity contribution in [2.75, 3.05) is 5.73 Å². The van der Waals surface area contributed by atoms with E-state index in [-0.39, 0.29) is 5.54 Å². The Morgan fingerprint density at radius 3 is 2.71 bits per heavy atom. The Kier molecular flexibility index (Phi) is 3.19. The fourth-order valence-corrected chi connectivity index (χ4v) is 2.83. The second-order valence-electron chi connectivity index (χ2n) is 6.29. The molecule has 0 amide bonds. The summed E-state index contributed by atoms with van der Waals surface area (Å²) in [7, 11) is 0. The largest absolute Gasteiger partial charge is 0.384 e. The van der Waals surface area contributed by atoms with Gasteiger partial charge in [-0.15, -0.1) is 0 Å². The quantitative estimate of drug-likeness (QED) is 0.856. The topological polar surface area (TPSA) is 43.8 Å². The van der Waals surface area contributed by atoms with Gasteiger partial charge in [-0.1, -0.05) is 19.8 Å². The molecule has 1 aliphatic rings. The van der Waals surface area contributed by atoms with Gasteiger partial charge in [0.05, 0.1) is 11.2 Å². The third-order valence-electron chi connectivity index (χ3n) is 3.72. The minimum absolute atomic E-state index is 0.0122. The van der Waals surface area contributed by atoms with Gasteiger partial charge in [0.2, 0.25) is 0 Å². The van der Waals surface area contributed by atoms with Gasteiger partial charge in [0.25, 0.3) is 0 Å². The molecule has 1 heterocycles. The molecule has 0 bridgehead atoms. The first-order valence-corrected chi connectivity index (χ1v) is 6.80. The molecule has 1 atom stereocenters. The molecule has 0 radical (unpaired) electrons. The molecule has 0 aromatic carbocycles. The Bertz CT molecular complexity index is 398. The molecule has 1 aromatic heterocycles. The minimum atomic E-state index is -0.0122. The van der Waals surface area contributed by atoms with Crippen LogP contribution in [0.5, 0.6) is 0 Å². The number of aromatic nitrogens is 2. The van der Waals surface area contributed by atoms with Crippen LogP contribution in [0.3, 0.4) is 0 Å². The predicted molar refractivity (Wildman–Crippen MR) is 72.1 cm³/mol.